The van der Waals surface area contributed by atoms with Gasteiger partial charge in [-0.05, 0) is 24.1 Å². The molecule has 0 fully saturated rings. The van der Waals surface area contributed by atoms with Gasteiger partial charge in [-0.3, -0.25) is 9.59 Å². The van der Waals surface area contributed by atoms with E-state index in [-0.39, 0.29) is 18.3 Å². The van der Waals surface area contributed by atoms with Gasteiger partial charge < -0.3 is 14.0 Å². The summed E-state index contributed by atoms with van der Waals surface area (Å²) in [7, 11) is 2.96. The van der Waals surface area contributed by atoms with Crippen molar-refractivity contribution in [3.05, 3.63) is 58.9 Å². The number of thiazole rings is 1. The summed E-state index contributed by atoms with van der Waals surface area (Å²) in [5.74, 6) is 0.212. The molecule has 146 valence electrons. The molecule has 3 aromatic rings. The zero-order valence-electron chi connectivity index (χ0n) is 15.9. The van der Waals surface area contributed by atoms with Crippen molar-refractivity contribution >= 4 is 33.4 Å². The lowest BCUT2D eigenvalue weighted by Gasteiger charge is -2.06. The topological polar surface area (TPSA) is 69.9 Å². The van der Waals surface area contributed by atoms with Crippen LogP contribution in [0.25, 0.3) is 10.2 Å². The number of nitrogens with zero attached hydrogens (tertiary/aromatic N) is 2. The molecule has 0 unspecified atom stereocenters. The van der Waals surface area contributed by atoms with E-state index >= 15 is 0 Å². The van der Waals surface area contributed by atoms with Crippen molar-refractivity contribution in [2.24, 2.45) is 4.99 Å². The van der Waals surface area contributed by atoms with Crippen LogP contribution in [0.5, 0.6) is 5.75 Å². The molecule has 0 spiro atoms. The molecule has 0 saturated carbocycles. The highest BCUT2D eigenvalue weighted by Crippen LogP contribution is 2.23. The molecular weight excluding hydrogens is 376 g/mol. The third-order valence-electron chi connectivity index (χ3n) is 4.35. The van der Waals surface area contributed by atoms with Gasteiger partial charge in [0.1, 0.15) is 5.75 Å². The van der Waals surface area contributed by atoms with E-state index in [1.807, 2.05) is 53.1 Å². The number of hydrogen-bond donors (Lipinski definition) is 0. The quantitative estimate of drug-likeness (QED) is 0.573. The summed E-state index contributed by atoms with van der Waals surface area (Å²) in [6.45, 7) is 0.380. The van der Waals surface area contributed by atoms with Crippen molar-refractivity contribution in [2.45, 2.75) is 25.8 Å². The number of amides is 1. The minimum atomic E-state index is -0.309. The summed E-state index contributed by atoms with van der Waals surface area (Å²) < 4.78 is 12.9. The highest BCUT2D eigenvalue weighted by molar-refractivity contribution is 7.16. The number of ether oxygens (including phenoxy) is 2. The van der Waals surface area contributed by atoms with Gasteiger partial charge in [0.05, 0.1) is 30.9 Å². The molecule has 7 heteroatoms. The Labute approximate surface area is 167 Å². The molecule has 0 aliphatic rings. The fourth-order valence-electron chi connectivity index (χ4n) is 2.84. The van der Waals surface area contributed by atoms with Crippen LogP contribution in [0, 0.1) is 0 Å². The van der Waals surface area contributed by atoms with Crippen LogP contribution in [0.15, 0.2) is 53.5 Å². The molecular formula is C21H22N2O4S. The Morgan fingerprint density at radius 1 is 1.07 bits per heavy atom. The molecule has 0 aliphatic carbocycles. The van der Waals surface area contributed by atoms with Crippen LogP contribution in [0.2, 0.25) is 0 Å². The van der Waals surface area contributed by atoms with Gasteiger partial charge in [-0.15, -0.1) is 0 Å². The molecule has 1 amide bonds. The van der Waals surface area contributed by atoms with E-state index in [2.05, 4.69) is 4.99 Å². The first kappa shape index (κ1) is 19.8. The molecule has 28 heavy (non-hydrogen) atoms. The Balaban J connectivity index is 1.90. The Bertz CT molecular complexity index is 1040. The van der Waals surface area contributed by atoms with Crippen LogP contribution in [-0.4, -0.2) is 30.7 Å². The highest BCUT2D eigenvalue weighted by atomic mass is 32.1. The van der Waals surface area contributed by atoms with E-state index in [0.29, 0.717) is 29.9 Å². The maximum Gasteiger partial charge on any atom is 0.307 e. The molecule has 1 heterocycles. The SMILES string of the molecule is COC(=O)CCn1c(=NC(=O)CCc2ccccc2)sc2ccc(OC)cc21. The van der Waals surface area contributed by atoms with E-state index in [1.165, 1.54) is 18.4 Å². The summed E-state index contributed by atoms with van der Waals surface area (Å²) in [6, 6.07) is 15.5. The van der Waals surface area contributed by atoms with Gasteiger partial charge >= 0.3 is 5.97 Å². The fraction of sp³-hybridized carbons (Fsp3) is 0.286. The third-order valence-corrected chi connectivity index (χ3v) is 5.41. The van der Waals surface area contributed by atoms with Gasteiger partial charge in [0.2, 0.25) is 5.91 Å². The number of rotatable bonds is 7. The highest BCUT2D eigenvalue weighted by Gasteiger charge is 2.11. The van der Waals surface area contributed by atoms with Gasteiger partial charge in [0, 0.05) is 19.0 Å². The predicted octanol–water partition coefficient (Wildman–Crippen LogP) is 3.33. The minimum absolute atomic E-state index is 0.186. The first-order valence-corrected chi connectivity index (χ1v) is 9.78. The van der Waals surface area contributed by atoms with Crippen molar-refractivity contribution < 1.29 is 19.1 Å². The maximum absolute atomic E-state index is 12.4. The van der Waals surface area contributed by atoms with Crippen molar-refractivity contribution in [2.75, 3.05) is 14.2 Å². The second kappa shape index (κ2) is 9.32. The molecule has 3 rings (SSSR count). The summed E-state index contributed by atoms with van der Waals surface area (Å²) in [5.41, 5.74) is 1.98. The molecule has 0 aliphatic heterocycles. The number of aryl methyl sites for hydroxylation is 2. The number of fused-ring (bicyclic) bond motifs is 1. The summed E-state index contributed by atoms with van der Waals surface area (Å²) in [4.78, 5) is 28.9. The van der Waals surface area contributed by atoms with Crippen LogP contribution < -0.4 is 9.54 Å². The first-order chi connectivity index (χ1) is 13.6. The summed E-state index contributed by atoms with van der Waals surface area (Å²) in [5, 5.41) is 0. The number of aromatic nitrogens is 1. The van der Waals surface area contributed by atoms with Crippen LogP contribution in [0.1, 0.15) is 18.4 Å². The number of esters is 1. The molecule has 0 N–H and O–H groups in total. The zero-order chi connectivity index (χ0) is 19.9. The van der Waals surface area contributed by atoms with Crippen molar-refractivity contribution in [3.8, 4) is 5.75 Å². The Hall–Kier alpha value is -2.93. The van der Waals surface area contributed by atoms with E-state index in [1.54, 1.807) is 7.11 Å². The van der Waals surface area contributed by atoms with E-state index in [0.717, 1.165) is 15.8 Å². The normalized spacial score (nSPS) is 11.6. The molecule has 0 atom stereocenters. The Morgan fingerprint density at radius 2 is 1.86 bits per heavy atom. The van der Waals surface area contributed by atoms with Crippen molar-refractivity contribution in [3.63, 3.8) is 0 Å². The lowest BCUT2D eigenvalue weighted by molar-refractivity contribution is -0.140. The maximum atomic E-state index is 12.4. The number of hydrogen-bond acceptors (Lipinski definition) is 5. The zero-order valence-corrected chi connectivity index (χ0v) is 16.7. The van der Waals surface area contributed by atoms with Crippen LogP contribution in [0.4, 0.5) is 0 Å². The lowest BCUT2D eigenvalue weighted by Crippen LogP contribution is -2.19. The molecule has 6 nitrogen and oxygen atoms in total. The van der Waals surface area contributed by atoms with Crippen molar-refractivity contribution in [1.82, 2.24) is 4.57 Å². The molecule has 1 aromatic heterocycles. The second-order valence-electron chi connectivity index (χ2n) is 6.19. The van der Waals surface area contributed by atoms with Gasteiger partial charge in [0.15, 0.2) is 4.80 Å². The Kier molecular flexibility index (Phi) is 6.60. The predicted molar refractivity (Wildman–Crippen MR) is 108 cm³/mol. The van der Waals surface area contributed by atoms with Gasteiger partial charge in [0.25, 0.3) is 0 Å². The average molecular weight is 398 g/mol. The molecule has 0 bridgehead atoms. The van der Waals surface area contributed by atoms with E-state index in [9.17, 15) is 9.59 Å². The standard InChI is InChI=1S/C21H22N2O4S/c1-26-16-9-10-18-17(14-16)23(13-12-20(25)27-2)21(28-18)22-19(24)11-8-15-6-4-3-5-7-15/h3-7,9-10,14H,8,11-13H2,1-2H3. The van der Waals surface area contributed by atoms with Gasteiger partial charge in [-0.25, -0.2) is 0 Å². The minimum Gasteiger partial charge on any atom is -0.497 e. The third kappa shape index (κ3) is 4.86. The molecule has 0 saturated heterocycles. The second-order valence-corrected chi connectivity index (χ2v) is 7.20. The van der Waals surface area contributed by atoms with Crippen LogP contribution in [0.3, 0.4) is 0 Å². The fourth-order valence-corrected chi connectivity index (χ4v) is 3.89. The van der Waals surface area contributed by atoms with E-state index in [4.69, 9.17) is 9.47 Å². The van der Waals surface area contributed by atoms with Crippen LogP contribution in [-0.2, 0) is 27.3 Å². The Morgan fingerprint density at radius 3 is 2.57 bits per heavy atom. The molecule has 2 aromatic carbocycles. The summed E-state index contributed by atoms with van der Waals surface area (Å²) >= 11 is 1.42. The van der Waals surface area contributed by atoms with Gasteiger partial charge in [-0.2, -0.15) is 4.99 Å². The lowest BCUT2D eigenvalue weighted by atomic mass is 10.1. The largest absolute Gasteiger partial charge is 0.497 e. The van der Waals surface area contributed by atoms with Gasteiger partial charge in [-0.1, -0.05) is 41.7 Å². The van der Waals surface area contributed by atoms with Crippen molar-refractivity contribution in [1.29, 1.82) is 0 Å². The van der Waals surface area contributed by atoms with Crippen LogP contribution >= 0.6 is 11.3 Å². The first-order valence-electron chi connectivity index (χ1n) is 8.96. The number of carbonyl (C=O) groups excluding carboxylic acids is 2. The summed E-state index contributed by atoms with van der Waals surface area (Å²) in [6.07, 6.45) is 1.17. The molecule has 0 radical (unpaired) electrons. The number of benzene rings is 2. The number of methoxy groups -OCH3 is 2. The van der Waals surface area contributed by atoms with E-state index < -0.39 is 0 Å². The average Bonchev–Trinajstić information content (AvgIpc) is 3.07. The smallest absolute Gasteiger partial charge is 0.307 e. The number of carbonyl (C=O) groups is 2. The monoisotopic (exact) mass is 398 g/mol.